The lowest BCUT2D eigenvalue weighted by Crippen LogP contribution is -2.29. The minimum absolute atomic E-state index is 0.0124. The fourth-order valence-electron chi connectivity index (χ4n) is 4.23. The Kier molecular flexibility index (Phi) is 5.59. The minimum Gasteiger partial charge on any atom is -0.507 e. The molecule has 1 aliphatic rings. The number of ketones is 1. The van der Waals surface area contributed by atoms with Crippen LogP contribution < -0.4 is 9.64 Å². The van der Waals surface area contributed by atoms with Gasteiger partial charge in [0.05, 0.1) is 18.2 Å². The largest absolute Gasteiger partial charge is 0.507 e. The maximum absolute atomic E-state index is 13.3. The van der Waals surface area contributed by atoms with Crippen molar-refractivity contribution in [3.63, 3.8) is 0 Å². The van der Waals surface area contributed by atoms with Crippen LogP contribution >= 0.6 is 11.3 Å². The highest BCUT2D eigenvalue weighted by molar-refractivity contribution is 7.15. The van der Waals surface area contributed by atoms with Crippen LogP contribution in [0.25, 0.3) is 16.5 Å². The quantitative estimate of drug-likeness (QED) is 0.249. The summed E-state index contributed by atoms with van der Waals surface area (Å²) in [4.78, 5) is 27.9. The van der Waals surface area contributed by atoms with Crippen molar-refractivity contribution in [2.45, 2.75) is 19.9 Å². The van der Waals surface area contributed by atoms with E-state index in [1.165, 1.54) is 16.2 Å². The first-order valence-corrected chi connectivity index (χ1v) is 11.6. The third-order valence-electron chi connectivity index (χ3n) is 5.72. The fourth-order valence-corrected chi connectivity index (χ4v) is 4.94. The number of rotatable bonds is 5. The normalized spacial score (nSPS) is 17.5. The van der Waals surface area contributed by atoms with E-state index < -0.39 is 17.7 Å². The Morgan fingerprint density at radius 1 is 1.03 bits per heavy atom. The van der Waals surface area contributed by atoms with Gasteiger partial charge in [0.15, 0.2) is 0 Å². The molecule has 1 fully saturated rings. The number of carbonyl (C=O) groups excluding carboxylic acids is 2. The van der Waals surface area contributed by atoms with Crippen LogP contribution in [0.15, 0.2) is 72.3 Å². The smallest absolute Gasteiger partial charge is 0.301 e. The van der Waals surface area contributed by atoms with Gasteiger partial charge in [-0.15, -0.1) is 10.2 Å². The SMILES string of the molecule is CCOc1ccc(C(O)=C2C(=O)C(=O)N(c3nnc(C)s3)[C@@H]2c2cccc3ccccc23)cc1. The summed E-state index contributed by atoms with van der Waals surface area (Å²) >= 11 is 1.22. The lowest BCUT2D eigenvalue weighted by Gasteiger charge is -2.24. The zero-order valence-electron chi connectivity index (χ0n) is 18.6. The van der Waals surface area contributed by atoms with Crippen LogP contribution in [0, 0.1) is 6.92 Å². The number of hydrogen-bond acceptors (Lipinski definition) is 7. The third-order valence-corrected chi connectivity index (χ3v) is 6.56. The summed E-state index contributed by atoms with van der Waals surface area (Å²) < 4.78 is 5.48. The standard InChI is InChI=1S/C26H21N3O4S/c1-3-33-18-13-11-17(12-14-18)23(30)21-22(20-10-6-8-16-7-4-5-9-19(16)20)29(25(32)24(21)31)26-28-27-15(2)34-26/h4-14,22,30H,3H2,1-2H3/t22-/m1/s1. The van der Waals surface area contributed by atoms with E-state index >= 15 is 0 Å². The highest BCUT2D eigenvalue weighted by atomic mass is 32.1. The molecule has 170 valence electrons. The molecule has 1 amide bonds. The van der Waals surface area contributed by atoms with Crippen molar-refractivity contribution in [2.24, 2.45) is 0 Å². The van der Waals surface area contributed by atoms with E-state index in [0.717, 1.165) is 16.3 Å². The van der Waals surface area contributed by atoms with Gasteiger partial charge in [-0.3, -0.25) is 14.5 Å². The number of hydrogen-bond donors (Lipinski definition) is 1. The summed E-state index contributed by atoms with van der Waals surface area (Å²) in [6, 6.07) is 19.4. The number of amides is 1. The second kappa shape index (κ2) is 8.72. The maximum Gasteiger partial charge on any atom is 0.301 e. The molecular weight excluding hydrogens is 450 g/mol. The van der Waals surface area contributed by atoms with Gasteiger partial charge in [0.1, 0.15) is 16.5 Å². The number of nitrogens with zero attached hydrogens (tertiary/aromatic N) is 3. The van der Waals surface area contributed by atoms with Crippen molar-refractivity contribution in [1.82, 2.24) is 10.2 Å². The zero-order chi connectivity index (χ0) is 23.8. The molecular formula is C26H21N3O4S. The second-order valence-corrected chi connectivity index (χ2v) is 8.96. The van der Waals surface area contributed by atoms with E-state index in [9.17, 15) is 14.7 Å². The molecule has 1 aliphatic heterocycles. The van der Waals surface area contributed by atoms with Gasteiger partial charge in [-0.25, -0.2) is 0 Å². The number of carbonyl (C=O) groups is 2. The molecule has 34 heavy (non-hydrogen) atoms. The average Bonchev–Trinajstić information content (AvgIpc) is 3.39. The lowest BCUT2D eigenvalue weighted by atomic mass is 9.92. The zero-order valence-corrected chi connectivity index (χ0v) is 19.4. The summed E-state index contributed by atoms with van der Waals surface area (Å²) in [5.74, 6) is -1.11. The molecule has 4 aromatic rings. The Bertz CT molecular complexity index is 1440. The Hall–Kier alpha value is -4.04. The molecule has 0 radical (unpaired) electrons. The molecule has 7 nitrogen and oxygen atoms in total. The number of fused-ring (bicyclic) bond motifs is 1. The van der Waals surface area contributed by atoms with Crippen LogP contribution in [0.2, 0.25) is 0 Å². The van der Waals surface area contributed by atoms with Crippen LogP contribution in [0.4, 0.5) is 5.13 Å². The fraction of sp³-hybridized carbons (Fsp3) is 0.154. The van der Waals surface area contributed by atoms with Crippen LogP contribution in [0.3, 0.4) is 0 Å². The van der Waals surface area contributed by atoms with Gasteiger partial charge in [-0.2, -0.15) is 0 Å². The van der Waals surface area contributed by atoms with Gasteiger partial charge in [0, 0.05) is 5.56 Å². The molecule has 1 N–H and O–H groups in total. The van der Waals surface area contributed by atoms with E-state index in [-0.39, 0.29) is 11.3 Å². The van der Waals surface area contributed by atoms with Gasteiger partial charge in [-0.05, 0) is 54.4 Å². The van der Waals surface area contributed by atoms with E-state index in [2.05, 4.69) is 10.2 Å². The van der Waals surface area contributed by atoms with Gasteiger partial charge < -0.3 is 9.84 Å². The molecule has 0 spiro atoms. The van der Waals surface area contributed by atoms with Crippen LogP contribution in [-0.2, 0) is 9.59 Å². The summed E-state index contributed by atoms with van der Waals surface area (Å²) in [6.45, 7) is 4.18. The molecule has 3 aromatic carbocycles. The molecule has 0 unspecified atom stereocenters. The minimum atomic E-state index is -0.856. The molecule has 8 heteroatoms. The molecule has 1 saturated heterocycles. The number of aromatic nitrogens is 2. The number of aliphatic hydroxyl groups excluding tert-OH is 1. The number of benzene rings is 3. The van der Waals surface area contributed by atoms with Gasteiger partial charge >= 0.3 is 5.91 Å². The van der Waals surface area contributed by atoms with Crippen molar-refractivity contribution in [3.05, 3.63) is 88.4 Å². The Morgan fingerprint density at radius 3 is 2.47 bits per heavy atom. The van der Waals surface area contributed by atoms with E-state index in [0.29, 0.717) is 28.1 Å². The van der Waals surface area contributed by atoms with E-state index in [4.69, 9.17) is 4.74 Å². The van der Waals surface area contributed by atoms with Crippen LogP contribution in [0.5, 0.6) is 5.75 Å². The molecule has 0 aliphatic carbocycles. The van der Waals surface area contributed by atoms with Crippen molar-refractivity contribution in [2.75, 3.05) is 11.5 Å². The van der Waals surface area contributed by atoms with Crippen LogP contribution in [-0.4, -0.2) is 33.6 Å². The summed E-state index contributed by atoms with van der Waals surface area (Å²) in [6.07, 6.45) is 0. The first-order valence-electron chi connectivity index (χ1n) is 10.8. The second-order valence-electron chi connectivity index (χ2n) is 7.80. The number of ether oxygens (including phenoxy) is 1. The van der Waals surface area contributed by atoms with Crippen molar-refractivity contribution < 1.29 is 19.4 Å². The number of aryl methyl sites for hydroxylation is 1. The van der Waals surface area contributed by atoms with E-state index in [1.54, 1.807) is 31.2 Å². The van der Waals surface area contributed by atoms with Crippen LogP contribution in [0.1, 0.15) is 29.1 Å². The highest BCUT2D eigenvalue weighted by Crippen LogP contribution is 2.44. The molecule has 0 saturated carbocycles. The third kappa shape index (κ3) is 3.62. The Morgan fingerprint density at radius 2 is 1.76 bits per heavy atom. The van der Waals surface area contributed by atoms with Crippen molar-refractivity contribution in [3.8, 4) is 5.75 Å². The highest BCUT2D eigenvalue weighted by Gasteiger charge is 2.48. The predicted octanol–water partition coefficient (Wildman–Crippen LogP) is 5.02. The molecule has 5 rings (SSSR count). The lowest BCUT2D eigenvalue weighted by molar-refractivity contribution is -0.132. The van der Waals surface area contributed by atoms with E-state index in [1.807, 2.05) is 49.4 Å². The maximum atomic E-state index is 13.3. The first kappa shape index (κ1) is 21.8. The molecule has 0 bridgehead atoms. The van der Waals surface area contributed by atoms with Gasteiger partial charge in [-0.1, -0.05) is 53.8 Å². The Labute approximate surface area is 199 Å². The number of anilines is 1. The monoisotopic (exact) mass is 471 g/mol. The summed E-state index contributed by atoms with van der Waals surface area (Å²) in [7, 11) is 0. The topological polar surface area (TPSA) is 92.6 Å². The van der Waals surface area contributed by atoms with Gasteiger partial charge in [0.2, 0.25) is 5.13 Å². The summed E-state index contributed by atoms with van der Waals surface area (Å²) in [5.41, 5.74) is 1.15. The molecule has 1 atom stereocenters. The molecule has 2 heterocycles. The molecule has 1 aromatic heterocycles. The number of Topliss-reactive ketones (excluding diaryl/α,β-unsaturated/α-hetero) is 1. The number of aliphatic hydroxyl groups is 1. The van der Waals surface area contributed by atoms with Gasteiger partial charge in [0.25, 0.3) is 5.78 Å². The Balaban J connectivity index is 1.74. The van der Waals surface area contributed by atoms with Crippen molar-refractivity contribution in [1.29, 1.82) is 0 Å². The van der Waals surface area contributed by atoms with Crippen molar-refractivity contribution >= 4 is 44.7 Å². The average molecular weight is 472 g/mol. The predicted molar refractivity (Wildman–Crippen MR) is 131 cm³/mol. The first-order chi connectivity index (χ1) is 16.5. The summed E-state index contributed by atoms with van der Waals surface area (Å²) in [5, 5.41) is 22.3.